The number of halogens is 2. The lowest BCUT2D eigenvalue weighted by atomic mass is 9.97. The van der Waals surface area contributed by atoms with Crippen molar-refractivity contribution in [3.8, 4) is 11.1 Å². The Hall–Kier alpha value is -1.19. The number of nitrogens with zero attached hydrogens (tertiary/aromatic N) is 1. The number of hydrogen-bond donors (Lipinski definition) is 2. The Kier molecular flexibility index (Phi) is 4.38. The van der Waals surface area contributed by atoms with Crippen LogP contribution in [0.3, 0.4) is 0 Å². The third kappa shape index (κ3) is 3.04. The van der Waals surface area contributed by atoms with Gasteiger partial charge in [0, 0.05) is 21.8 Å². The normalized spacial score (nSPS) is 12.6. The van der Waals surface area contributed by atoms with Gasteiger partial charge in [-0.25, -0.2) is 0 Å². The van der Waals surface area contributed by atoms with Crippen LogP contribution in [0, 0.1) is 5.92 Å². The Morgan fingerprint density at radius 3 is 2.74 bits per heavy atom. The van der Waals surface area contributed by atoms with E-state index < -0.39 is 0 Å². The summed E-state index contributed by atoms with van der Waals surface area (Å²) in [5.74, 6) is 1.03. The molecule has 5 heteroatoms. The standard InChI is InChI=1S/C14H17Cl2N3/c1-3-8(2)6-12-13(14(17)19-18-12)10-5-4-9(15)7-11(10)16/h4-5,7-8H,3,6H2,1-2H3,(H3,17,18,19). The van der Waals surface area contributed by atoms with E-state index in [2.05, 4.69) is 24.0 Å². The van der Waals surface area contributed by atoms with Gasteiger partial charge < -0.3 is 5.73 Å². The lowest BCUT2D eigenvalue weighted by molar-refractivity contribution is 0.552. The van der Waals surface area contributed by atoms with E-state index in [9.17, 15) is 0 Å². The summed E-state index contributed by atoms with van der Waals surface area (Å²) < 4.78 is 0. The summed E-state index contributed by atoms with van der Waals surface area (Å²) in [6, 6.07) is 5.41. The number of H-pyrrole nitrogens is 1. The fraction of sp³-hybridized carbons (Fsp3) is 0.357. The number of aromatic amines is 1. The van der Waals surface area contributed by atoms with Crippen LogP contribution in [0.2, 0.25) is 10.0 Å². The molecule has 3 nitrogen and oxygen atoms in total. The van der Waals surface area contributed by atoms with Crippen LogP contribution in [0.15, 0.2) is 18.2 Å². The predicted octanol–water partition coefficient (Wildman–Crippen LogP) is 4.55. The molecule has 0 amide bonds. The van der Waals surface area contributed by atoms with Gasteiger partial charge in [-0.15, -0.1) is 0 Å². The van der Waals surface area contributed by atoms with Crippen molar-refractivity contribution in [3.05, 3.63) is 33.9 Å². The Bertz CT molecular complexity index is 578. The van der Waals surface area contributed by atoms with Crippen LogP contribution >= 0.6 is 23.2 Å². The summed E-state index contributed by atoms with van der Waals surface area (Å²) in [6.07, 6.45) is 2.00. The second-order valence-corrected chi connectivity index (χ2v) is 5.65. The number of anilines is 1. The van der Waals surface area contributed by atoms with Gasteiger partial charge in [0.2, 0.25) is 0 Å². The highest BCUT2D eigenvalue weighted by molar-refractivity contribution is 6.36. The molecule has 2 aromatic rings. The molecule has 0 aliphatic heterocycles. The first-order valence-electron chi connectivity index (χ1n) is 6.31. The molecule has 3 N–H and O–H groups in total. The number of aromatic nitrogens is 2. The Labute approximate surface area is 123 Å². The third-order valence-corrected chi connectivity index (χ3v) is 3.87. The summed E-state index contributed by atoms with van der Waals surface area (Å²) in [6.45, 7) is 4.36. The molecule has 1 aromatic heterocycles. The van der Waals surface area contributed by atoms with E-state index in [1.165, 1.54) is 0 Å². The number of nitrogens with one attached hydrogen (secondary N) is 1. The van der Waals surface area contributed by atoms with E-state index >= 15 is 0 Å². The topological polar surface area (TPSA) is 54.7 Å². The monoisotopic (exact) mass is 297 g/mol. The van der Waals surface area contributed by atoms with Gasteiger partial charge in [-0.1, -0.05) is 49.5 Å². The smallest absolute Gasteiger partial charge is 0.153 e. The summed E-state index contributed by atoms with van der Waals surface area (Å²) in [5.41, 5.74) is 8.75. The molecular weight excluding hydrogens is 281 g/mol. The van der Waals surface area contributed by atoms with Crippen LogP contribution in [0.5, 0.6) is 0 Å². The summed E-state index contributed by atoms with van der Waals surface area (Å²) in [7, 11) is 0. The summed E-state index contributed by atoms with van der Waals surface area (Å²) in [5, 5.41) is 8.32. The third-order valence-electron chi connectivity index (χ3n) is 3.32. The van der Waals surface area contributed by atoms with E-state index in [1.54, 1.807) is 6.07 Å². The minimum atomic E-state index is 0.475. The first-order valence-corrected chi connectivity index (χ1v) is 7.06. The predicted molar refractivity (Wildman–Crippen MR) is 81.6 cm³/mol. The van der Waals surface area contributed by atoms with Crippen molar-refractivity contribution in [1.82, 2.24) is 10.2 Å². The molecule has 1 unspecified atom stereocenters. The van der Waals surface area contributed by atoms with Crippen molar-refractivity contribution in [2.75, 3.05) is 5.73 Å². The van der Waals surface area contributed by atoms with Gasteiger partial charge in [-0.3, -0.25) is 5.10 Å². The first-order chi connectivity index (χ1) is 9.02. The quantitative estimate of drug-likeness (QED) is 0.869. The van der Waals surface area contributed by atoms with E-state index in [0.29, 0.717) is 21.8 Å². The summed E-state index contributed by atoms with van der Waals surface area (Å²) in [4.78, 5) is 0. The molecule has 0 radical (unpaired) electrons. The Balaban J connectivity index is 2.46. The molecular formula is C14H17Cl2N3. The van der Waals surface area contributed by atoms with Crippen molar-refractivity contribution >= 4 is 29.0 Å². The molecule has 0 bridgehead atoms. The minimum Gasteiger partial charge on any atom is -0.382 e. The average molecular weight is 298 g/mol. The zero-order chi connectivity index (χ0) is 14.0. The molecule has 0 saturated carbocycles. The Morgan fingerprint density at radius 2 is 2.11 bits per heavy atom. The molecule has 102 valence electrons. The highest BCUT2D eigenvalue weighted by Gasteiger charge is 2.17. The van der Waals surface area contributed by atoms with E-state index in [0.717, 1.165) is 29.7 Å². The molecule has 0 saturated heterocycles. The van der Waals surface area contributed by atoms with Crippen molar-refractivity contribution in [3.63, 3.8) is 0 Å². The fourth-order valence-corrected chi connectivity index (χ4v) is 2.53. The van der Waals surface area contributed by atoms with Crippen LogP contribution in [-0.4, -0.2) is 10.2 Å². The van der Waals surface area contributed by atoms with E-state index in [1.807, 2.05) is 12.1 Å². The van der Waals surface area contributed by atoms with Crippen molar-refractivity contribution in [2.24, 2.45) is 5.92 Å². The largest absolute Gasteiger partial charge is 0.382 e. The Morgan fingerprint density at radius 1 is 1.37 bits per heavy atom. The first kappa shape index (κ1) is 14.2. The zero-order valence-corrected chi connectivity index (χ0v) is 12.5. The van der Waals surface area contributed by atoms with Crippen LogP contribution in [-0.2, 0) is 6.42 Å². The van der Waals surface area contributed by atoms with Crippen LogP contribution in [0.4, 0.5) is 5.82 Å². The maximum Gasteiger partial charge on any atom is 0.153 e. The molecule has 2 rings (SSSR count). The number of nitrogens with two attached hydrogens (primary N) is 1. The van der Waals surface area contributed by atoms with Crippen LogP contribution in [0.1, 0.15) is 26.0 Å². The zero-order valence-electron chi connectivity index (χ0n) is 11.0. The molecule has 1 heterocycles. The molecule has 1 atom stereocenters. The van der Waals surface area contributed by atoms with Gasteiger partial charge in [-0.2, -0.15) is 5.10 Å². The molecule has 19 heavy (non-hydrogen) atoms. The van der Waals surface area contributed by atoms with Gasteiger partial charge in [0.15, 0.2) is 5.82 Å². The number of nitrogen functional groups attached to an aromatic ring is 1. The second-order valence-electron chi connectivity index (χ2n) is 4.80. The highest BCUT2D eigenvalue weighted by atomic mass is 35.5. The molecule has 0 fully saturated rings. The number of hydrogen-bond acceptors (Lipinski definition) is 2. The van der Waals surface area contributed by atoms with Gasteiger partial charge >= 0.3 is 0 Å². The van der Waals surface area contributed by atoms with Crippen molar-refractivity contribution in [1.29, 1.82) is 0 Å². The van der Waals surface area contributed by atoms with Gasteiger partial charge in [0.25, 0.3) is 0 Å². The second kappa shape index (κ2) is 5.85. The molecule has 1 aromatic carbocycles. The van der Waals surface area contributed by atoms with Gasteiger partial charge in [-0.05, 0) is 24.5 Å². The van der Waals surface area contributed by atoms with E-state index in [-0.39, 0.29) is 0 Å². The highest BCUT2D eigenvalue weighted by Crippen LogP contribution is 2.36. The molecule has 0 spiro atoms. The maximum absolute atomic E-state index is 6.25. The lowest BCUT2D eigenvalue weighted by Gasteiger charge is -2.10. The van der Waals surface area contributed by atoms with Crippen LogP contribution in [0.25, 0.3) is 11.1 Å². The molecule has 0 aliphatic rings. The summed E-state index contributed by atoms with van der Waals surface area (Å²) >= 11 is 12.2. The van der Waals surface area contributed by atoms with E-state index in [4.69, 9.17) is 28.9 Å². The van der Waals surface area contributed by atoms with Crippen molar-refractivity contribution < 1.29 is 0 Å². The minimum absolute atomic E-state index is 0.475. The molecule has 0 aliphatic carbocycles. The average Bonchev–Trinajstić information content (AvgIpc) is 2.71. The number of benzene rings is 1. The lowest BCUT2D eigenvalue weighted by Crippen LogP contribution is -2.00. The maximum atomic E-state index is 6.25. The van der Waals surface area contributed by atoms with Gasteiger partial charge in [0.05, 0.1) is 5.02 Å². The van der Waals surface area contributed by atoms with Crippen LogP contribution < -0.4 is 5.73 Å². The van der Waals surface area contributed by atoms with Gasteiger partial charge in [0.1, 0.15) is 0 Å². The SMILES string of the molecule is CCC(C)Cc1[nH]nc(N)c1-c1ccc(Cl)cc1Cl. The fourth-order valence-electron chi connectivity index (χ4n) is 2.03. The number of rotatable bonds is 4. The van der Waals surface area contributed by atoms with Crippen molar-refractivity contribution in [2.45, 2.75) is 26.7 Å².